The van der Waals surface area contributed by atoms with Crippen LogP contribution in [0.15, 0.2) is 21.6 Å². The first-order valence-electron chi connectivity index (χ1n) is 6.09. The van der Waals surface area contributed by atoms with Gasteiger partial charge in [-0.3, -0.25) is 0 Å². The number of hydrogen-bond acceptors (Lipinski definition) is 7. The lowest BCUT2D eigenvalue weighted by atomic mass is 10.1. The van der Waals surface area contributed by atoms with Gasteiger partial charge in [-0.1, -0.05) is 6.92 Å². The van der Waals surface area contributed by atoms with E-state index in [4.69, 9.17) is 19.7 Å². The zero-order chi connectivity index (χ0) is 15.2. The standard InChI is InChI=1S/C11H20N2O6S/c1-2-12-5-9-3-4-10(19-9)20(17,18)13-11(6-14,7-15)8-16/h3-4,12-16H,2,5-8H2,1H3. The molecule has 5 N–H and O–H groups in total. The third kappa shape index (κ3) is 4.01. The van der Waals surface area contributed by atoms with Gasteiger partial charge in [0.1, 0.15) is 11.3 Å². The van der Waals surface area contributed by atoms with E-state index in [1.165, 1.54) is 12.1 Å². The maximum atomic E-state index is 12.1. The number of nitrogens with one attached hydrogen (secondary N) is 2. The first kappa shape index (κ1) is 17.1. The summed E-state index contributed by atoms with van der Waals surface area (Å²) in [6.45, 7) is 0.764. The molecule has 0 aliphatic heterocycles. The van der Waals surface area contributed by atoms with Gasteiger partial charge in [-0.15, -0.1) is 0 Å². The average Bonchev–Trinajstić information content (AvgIpc) is 2.92. The van der Waals surface area contributed by atoms with Crippen LogP contribution in [0.5, 0.6) is 0 Å². The highest BCUT2D eigenvalue weighted by atomic mass is 32.2. The molecule has 0 aliphatic rings. The molecule has 0 unspecified atom stereocenters. The minimum absolute atomic E-state index is 0.342. The molecule has 1 aromatic rings. The summed E-state index contributed by atoms with van der Waals surface area (Å²) in [5.74, 6) is 0.440. The molecule has 1 aromatic heterocycles. The Hall–Kier alpha value is -0.970. The summed E-state index contributed by atoms with van der Waals surface area (Å²) in [7, 11) is -4.08. The highest BCUT2D eigenvalue weighted by molar-refractivity contribution is 7.89. The van der Waals surface area contributed by atoms with Crippen molar-refractivity contribution >= 4 is 10.0 Å². The quantitative estimate of drug-likeness (QED) is 0.370. The van der Waals surface area contributed by atoms with Crippen molar-refractivity contribution in [2.24, 2.45) is 0 Å². The summed E-state index contributed by atoms with van der Waals surface area (Å²) in [6.07, 6.45) is 0. The van der Waals surface area contributed by atoms with Crippen LogP contribution in [0.25, 0.3) is 0 Å². The Morgan fingerprint density at radius 2 is 1.80 bits per heavy atom. The Morgan fingerprint density at radius 3 is 2.30 bits per heavy atom. The summed E-state index contributed by atoms with van der Waals surface area (Å²) in [4.78, 5) is 0. The van der Waals surface area contributed by atoms with Crippen LogP contribution < -0.4 is 10.0 Å². The lowest BCUT2D eigenvalue weighted by Gasteiger charge is -2.27. The molecule has 8 nitrogen and oxygen atoms in total. The maximum Gasteiger partial charge on any atom is 0.274 e. The zero-order valence-electron chi connectivity index (χ0n) is 11.2. The summed E-state index contributed by atoms with van der Waals surface area (Å²) in [5, 5.41) is 30.0. The van der Waals surface area contributed by atoms with Gasteiger partial charge in [0.2, 0.25) is 5.09 Å². The maximum absolute atomic E-state index is 12.1. The van der Waals surface area contributed by atoms with Crippen LogP contribution in [0.3, 0.4) is 0 Å². The van der Waals surface area contributed by atoms with Gasteiger partial charge < -0.3 is 25.1 Å². The second-order valence-corrected chi connectivity index (χ2v) is 5.97. The van der Waals surface area contributed by atoms with Crippen LogP contribution in [0.4, 0.5) is 0 Å². The predicted molar refractivity (Wildman–Crippen MR) is 70.4 cm³/mol. The molecule has 0 fully saturated rings. The summed E-state index contributed by atoms with van der Waals surface area (Å²) < 4.78 is 31.3. The third-order valence-corrected chi connectivity index (χ3v) is 4.16. The molecule has 0 amide bonds. The van der Waals surface area contributed by atoms with Crippen LogP contribution in [0, 0.1) is 0 Å². The van der Waals surface area contributed by atoms with Gasteiger partial charge in [0.25, 0.3) is 10.0 Å². The van der Waals surface area contributed by atoms with Gasteiger partial charge in [-0.25, -0.2) is 8.42 Å². The van der Waals surface area contributed by atoms with Crippen LogP contribution >= 0.6 is 0 Å². The molecule has 0 radical (unpaired) electrons. The number of furan rings is 1. The van der Waals surface area contributed by atoms with Crippen molar-refractivity contribution in [2.75, 3.05) is 26.4 Å². The summed E-state index contributed by atoms with van der Waals surface area (Å²) >= 11 is 0. The minimum atomic E-state index is -4.08. The molecule has 0 saturated heterocycles. The Labute approximate surface area is 117 Å². The lowest BCUT2D eigenvalue weighted by molar-refractivity contribution is 0.0579. The molecule has 0 aliphatic carbocycles. The van der Waals surface area contributed by atoms with E-state index in [2.05, 4.69) is 5.32 Å². The fourth-order valence-electron chi connectivity index (χ4n) is 1.43. The van der Waals surface area contributed by atoms with Crippen LogP contribution in [0.1, 0.15) is 12.7 Å². The molecule has 0 spiro atoms. The van der Waals surface area contributed by atoms with Gasteiger partial charge >= 0.3 is 0 Å². The molecule has 20 heavy (non-hydrogen) atoms. The van der Waals surface area contributed by atoms with Crippen molar-refractivity contribution in [3.63, 3.8) is 0 Å². The van der Waals surface area contributed by atoms with Crippen molar-refractivity contribution in [1.29, 1.82) is 0 Å². The van der Waals surface area contributed by atoms with Gasteiger partial charge in [-0.2, -0.15) is 4.72 Å². The molecule has 0 atom stereocenters. The molecule has 0 saturated carbocycles. The largest absolute Gasteiger partial charge is 0.447 e. The number of aliphatic hydroxyl groups is 3. The van der Waals surface area contributed by atoms with E-state index in [0.29, 0.717) is 18.8 Å². The second kappa shape index (κ2) is 7.16. The lowest BCUT2D eigenvalue weighted by Crippen LogP contribution is -2.56. The van der Waals surface area contributed by atoms with Crippen molar-refractivity contribution in [2.45, 2.75) is 24.1 Å². The average molecular weight is 308 g/mol. The first-order valence-corrected chi connectivity index (χ1v) is 7.57. The molecule has 116 valence electrons. The van der Waals surface area contributed by atoms with Crippen LogP contribution in [0.2, 0.25) is 0 Å². The second-order valence-electron chi connectivity index (χ2n) is 4.36. The summed E-state index contributed by atoms with van der Waals surface area (Å²) in [6, 6.07) is 2.78. The highest BCUT2D eigenvalue weighted by Gasteiger charge is 2.35. The molecule has 0 aromatic carbocycles. The fourth-order valence-corrected chi connectivity index (χ4v) is 2.76. The molecular weight excluding hydrogens is 288 g/mol. The van der Waals surface area contributed by atoms with Gasteiger partial charge in [0, 0.05) is 0 Å². The van der Waals surface area contributed by atoms with Crippen molar-refractivity contribution in [1.82, 2.24) is 10.0 Å². The molecular formula is C11H20N2O6S. The van der Waals surface area contributed by atoms with E-state index in [1.54, 1.807) is 0 Å². The van der Waals surface area contributed by atoms with E-state index in [9.17, 15) is 8.42 Å². The monoisotopic (exact) mass is 308 g/mol. The normalized spacial score (nSPS) is 12.8. The van der Waals surface area contributed by atoms with Gasteiger partial charge in [-0.05, 0) is 18.7 Å². The zero-order valence-corrected chi connectivity index (χ0v) is 12.0. The topological polar surface area (TPSA) is 132 Å². The Kier molecular flexibility index (Phi) is 6.11. The third-order valence-electron chi connectivity index (χ3n) is 2.71. The summed E-state index contributed by atoms with van der Waals surface area (Å²) in [5.41, 5.74) is -1.73. The highest BCUT2D eigenvalue weighted by Crippen LogP contribution is 2.16. The molecule has 9 heteroatoms. The first-order chi connectivity index (χ1) is 9.43. The van der Waals surface area contributed by atoms with Crippen LogP contribution in [-0.4, -0.2) is 55.6 Å². The molecule has 0 bridgehead atoms. The van der Waals surface area contributed by atoms with E-state index >= 15 is 0 Å². The number of aliphatic hydroxyl groups excluding tert-OH is 3. The number of hydrogen-bond donors (Lipinski definition) is 5. The SMILES string of the molecule is CCNCc1ccc(S(=O)(=O)NC(CO)(CO)CO)o1. The minimum Gasteiger partial charge on any atom is -0.447 e. The van der Waals surface area contributed by atoms with Crippen LogP contribution in [-0.2, 0) is 16.6 Å². The molecule has 1 heterocycles. The van der Waals surface area contributed by atoms with E-state index in [-0.39, 0.29) is 5.09 Å². The van der Waals surface area contributed by atoms with E-state index in [0.717, 1.165) is 0 Å². The van der Waals surface area contributed by atoms with E-state index < -0.39 is 35.4 Å². The van der Waals surface area contributed by atoms with Crippen molar-refractivity contribution < 1.29 is 28.2 Å². The van der Waals surface area contributed by atoms with Gasteiger partial charge in [0.15, 0.2) is 0 Å². The number of rotatable bonds is 9. The Balaban J connectivity index is 2.90. The van der Waals surface area contributed by atoms with Crippen molar-refractivity contribution in [3.05, 3.63) is 17.9 Å². The smallest absolute Gasteiger partial charge is 0.274 e. The Bertz CT molecular complexity index is 500. The number of sulfonamides is 1. The fraction of sp³-hybridized carbons (Fsp3) is 0.636. The van der Waals surface area contributed by atoms with E-state index in [1.807, 2.05) is 11.6 Å². The predicted octanol–water partition coefficient (Wildman–Crippen LogP) is -1.62. The van der Waals surface area contributed by atoms with Crippen molar-refractivity contribution in [3.8, 4) is 0 Å². The van der Waals surface area contributed by atoms with Gasteiger partial charge in [0.05, 0.1) is 26.4 Å². The Morgan fingerprint density at radius 1 is 1.20 bits per heavy atom. The molecule has 1 rings (SSSR count).